The van der Waals surface area contributed by atoms with Gasteiger partial charge in [0.25, 0.3) is 0 Å². The normalized spacial score (nSPS) is 21.9. The number of aliphatic imine (C=N–C) groups is 1. The topological polar surface area (TPSA) is 102 Å². The predicted octanol–water partition coefficient (Wildman–Crippen LogP) is 3.81. The van der Waals surface area contributed by atoms with Crippen LogP contribution in [0.4, 0.5) is 19.1 Å². The average molecular weight is 538 g/mol. The van der Waals surface area contributed by atoms with Crippen molar-refractivity contribution in [1.82, 2.24) is 19.9 Å². The van der Waals surface area contributed by atoms with Gasteiger partial charge in [0.1, 0.15) is 17.1 Å². The number of hydrogen-bond donors (Lipinski definition) is 1. The number of nitrogens with two attached hydrogens (primary N) is 1. The summed E-state index contributed by atoms with van der Waals surface area (Å²) in [5.74, 6) is 1.60. The summed E-state index contributed by atoms with van der Waals surface area (Å²) in [7, 11) is 0. The molecule has 0 bridgehead atoms. The number of ether oxygens (including phenoxy) is 1. The molecule has 5 rings (SSSR count). The van der Waals surface area contributed by atoms with Gasteiger partial charge in [-0.05, 0) is 30.7 Å². The second-order valence-corrected chi connectivity index (χ2v) is 9.90. The number of terminal acetylenes is 1. The molecule has 1 fully saturated rings. The van der Waals surface area contributed by atoms with E-state index in [-0.39, 0.29) is 29.6 Å². The fourth-order valence-electron chi connectivity index (χ4n) is 4.52. The van der Waals surface area contributed by atoms with E-state index in [0.717, 1.165) is 12.4 Å². The van der Waals surface area contributed by atoms with Crippen molar-refractivity contribution in [2.24, 2.45) is 16.6 Å². The molecule has 0 radical (unpaired) electrons. The monoisotopic (exact) mass is 537 g/mol. The lowest BCUT2D eigenvalue weighted by Gasteiger charge is -2.35. The summed E-state index contributed by atoms with van der Waals surface area (Å²) in [6.07, 6.45) is 10.7. The minimum Gasteiger partial charge on any atom is -0.460 e. The summed E-state index contributed by atoms with van der Waals surface area (Å²) >= 11 is 1.38. The Morgan fingerprint density at radius 1 is 1.24 bits per heavy atom. The van der Waals surface area contributed by atoms with Crippen LogP contribution in [0.1, 0.15) is 23.7 Å². The second-order valence-electron chi connectivity index (χ2n) is 8.86. The highest BCUT2D eigenvalue weighted by Gasteiger charge is 2.52. The Bertz CT molecular complexity index is 1440. The lowest BCUT2D eigenvalue weighted by molar-refractivity contribution is 0.266. The molecule has 0 spiro atoms. The highest BCUT2D eigenvalue weighted by molar-refractivity contribution is 8.13. The molecule has 3 atom stereocenters. The standard InChI is InChI=1S/C26H22F3N7OS/c1-3-15(2)37-23-11-31-22(10-32-23)21(29)7-16-4-5-20(28)19(6-16)26-14-36(25-33-8-18(27)9-34-25)12-17(26)13-38-24(30)35-26/h1,4-11,15,17H,12-14H2,2H3,(H2,30,35)/b21-7-/t15?,17-,26-/m0/s1. The van der Waals surface area contributed by atoms with Crippen LogP contribution in [0.5, 0.6) is 5.88 Å². The maximum absolute atomic E-state index is 15.4. The molecular formula is C26H22F3N7OS. The molecule has 1 aromatic carbocycles. The van der Waals surface area contributed by atoms with E-state index >= 15 is 8.78 Å². The second kappa shape index (κ2) is 10.3. The summed E-state index contributed by atoms with van der Waals surface area (Å²) < 4.78 is 49.2. The van der Waals surface area contributed by atoms with Gasteiger partial charge >= 0.3 is 0 Å². The largest absolute Gasteiger partial charge is 0.460 e. The molecule has 1 unspecified atom stereocenters. The van der Waals surface area contributed by atoms with Crippen molar-refractivity contribution >= 4 is 34.8 Å². The maximum Gasteiger partial charge on any atom is 0.233 e. The first-order valence-corrected chi connectivity index (χ1v) is 12.6. The average Bonchev–Trinajstić information content (AvgIpc) is 3.30. The molecule has 2 aromatic heterocycles. The third kappa shape index (κ3) is 5.02. The third-order valence-electron chi connectivity index (χ3n) is 6.33. The number of benzene rings is 1. The van der Waals surface area contributed by atoms with Gasteiger partial charge < -0.3 is 15.4 Å². The van der Waals surface area contributed by atoms with Crippen molar-refractivity contribution in [3.05, 3.63) is 71.4 Å². The quantitative estimate of drug-likeness (QED) is 0.474. The Morgan fingerprint density at radius 3 is 2.74 bits per heavy atom. The molecule has 8 nitrogen and oxygen atoms in total. The predicted molar refractivity (Wildman–Crippen MR) is 140 cm³/mol. The molecule has 12 heteroatoms. The lowest BCUT2D eigenvalue weighted by Crippen LogP contribution is -2.40. The summed E-state index contributed by atoms with van der Waals surface area (Å²) in [5, 5.41) is 0.325. The molecule has 3 aromatic rings. The summed E-state index contributed by atoms with van der Waals surface area (Å²) in [5.41, 5.74) is 5.70. The van der Waals surface area contributed by atoms with E-state index in [1.54, 1.807) is 13.0 Å². The van der Waals surface area contributed by atoms with Gasteiger partial charge in [0.2, 0.25) is 11.8 Å². The molecule has 0 saturated carbocycles. The van der Waals surface area contributed by atoms with Crippen LogP contribution < -0.4 is 15.4 Å². The molecule has 2 aliphatic heterocycles. The van der Waals surface area contributed by atoms with E-state index in [4.69, 9.17) is 21.9 Å². The lowest BCUT2D eigenvalue weighted by atomic mass is 9.81. The summed E-state index contributed by atoms with van der Waals surface area (Å²) in [6, 6.07) is 4.29. The third-order valence-corrected chi connectivity index (χ3v) is 7.29. The number of halogens is 3. The number of amidine groups is 1. The Kier molecular flexibility index (Phi) is 6.94. The zero-order valence-corrected chi connectivity index (χ0v) is 21.0. The zero-order valence-electron chi connectivity index (χ0n) is 20.2. The number of anilines is 1. The van der Waals surface area contributed by atoms with Crippen LogP contribution in [0.3, 0.4) is 0 Å². The molecule has 1 saturated heterocycles. The van der Waals surface area contributed by atoms with Gasteiger partial charge in [-0.1, -0.05) is 23.7 Å². The first-order valence-electron chi connectivity index (χ1n) is 11.6. The van der Waals surface area contributed by atoms with Crippen LogP contribution in [-0.2, 0) is 5.54 Å². The summed E-state index contributed by atoms with van der Waals surface area (Å²) in [4.78, 5) is 22.7. The number of rotatable bonds is 6. The minimum atomic E-state index is -1.05. The fourth-order valence-corrected chi connectivity index (χ4v) is 5.50. The molecule has 2 aliphatic rings. The minimum absolute atomic E-state index is 0.0237. The van der Waals surface area contributed by atoms with Gasteiger partial charge in [0, 0.05) is 23.8 Å². The van der Waals surface area contributed by atoms with E-state index in [1.807, 2.05) is 4.90 Å². The number of fused-ring (bicyclic) bond motifs is 1. The molecule has 38 heavy (non-hydrogen) atoms. The first-order chi connectivity index (χ1) is 18.3. The van der Waals surface area contributed by atoms with Gasteiger partial charge in [-0.3, -0.25) is 0 Å². The zero-order chi connectivity index (χ0) is 26.9. The van der Waals surface area contributed by atoms with Crippen LogP contribution >= 0.6 is 11.8 Å². The van der Waals surface area contributed by atoms with Crippen molar-refractivity contribution in [3.8, 4) is 18.2 Å². The van der Waals surface area contributed by atoms with Crippen LogP contribution in [0.15, 0.2) is 48.0 Å². The van der Waals surface area contributed by atoms with Crippen LogP contribution in [-0.4, -0.2) is 50.0 Å². The van der Waals surface area contributed by atoms with Crippen LogP contribution in [0.25, 0.3) is 11.9 Å². The summed E-state index contributed by atoms with van der Waals surface area (Å²) in [6.45, 7) is 2.36. The van der Waals surface area contributed by atoms with E-state index in [2.05, 4.69) is 25.9 Å². The Balaban J connectivity index is 1.47. The van der Waals surface area contributed by atoms with Gasteiger partial charge in [0.05, 0.1) is 31.3 Å². The SMILES string of the molecule is C#CC(C)Oc1cnc(/C(F)=C/c2ccc(F)c([C@]34CN(c5ncc(F)cn5)C[C@H]3CSC(N)=N4)c2)cn1. The fraction of sp³-hybridized carbons (Fsp3) is 0.269. The van der Waals surface area contributed by atoms with E-state index in [1.165, 1.54) is 42.4 Å². The van der Waals surface area contributed by atoms with E-state index in [0.29, 0.717) is 29.0 Å². The molecular weight excluding hydrogens is 515 g/mol. The van der Waals surface area contributed by atoms with Crippen molar-refractivity contribution < 1.29 is 17.9 Å². The van der Waals surface area contributed by atoms with Crippen LogP contribution in [0, 0.1) is 29.9 Å². The Labute approximate surface area is 221 Å². The molecule has 194 valence electrons. The molecule has 2 N–H and O–H groups in total. The number of hydrogen-bond acceptors (Lipinski definition) is 9. The molecule has 0 aliphatic carbocycles. The van der Waals surface area contributed by atoms with Crippen LogP contribution in [0.2, 0.25) is 0 Å². The molecule has 4 heterocycles. The number of nitrogens with zero attached hydrogens (tertiary/aromatic N) is 6. The number of thioether (sulfide) groups is 1. The highest BCUT2D eigenvalue weighted by atomic mass is 32.2. The maximum atomic E-state index is 15.4. The van der Waals surface area contributed by atoms with E-state index in [9.17, 15) is 4.39 Å². The Morgan fingerprint density at radius 2 is 2.03 bits per heavy atom. The smallest absolute Gasteiger partial charge is 0.233 e. The van der Waals surface area contributed by atoms with Crippen molar-refractivity contribution in [2.75, 3.05) is 23.7 Å². The number of aromatic nitrogens is 4. The first kappa shape index (κ1) is 25.5. The van der Waals surface area contributed by atoms with Gasteiger partial charge in [-0.2, -0.15) is 0 Å². The highest BCUT2D eigenvalue weighted by Crippen LogP contribution is 2.47. The Hall–Kier alpha value is -4.11. The van der Waals surface area contributed by atoms with Crippen molar-refractivity contribution in [3.63, 3.8) is 0 Å². The van der Waals surface area contributed by atoms with Gasteiger partial charge in [-0.25, -0.2) is 38.1 Å². The molecule has 0 amide bonds. The van der Waals surface area contributed by atoms with Gasteiger partial charge in [-0.15, -0.1) is 6.42 Å². The van der Waals surface area contributed by atoms with Gasteiger partial charge in [0.15, 0.2) is 22.9 Å². The van der Waals surface area contributed by atoms with Crippen molar-refractivity contribution in [1.29, 1.82) is 0 Å². The van der Waals surface area contributed by atoms with Crippen molar-refractivity contribution in [2.45, 2.75) is 18.6 Å². The van der Waals surface area contributed by atoms with E-state index < -0.39 is 29.1 Å².